The van der Waals surface area contributed by atoms with Crippen molar-refractivity contribution >= 4 is 17.6 Å². The highest BCUT2D eigenvalue weighted by Crippen LogP contribution is 2.36. The van der Waals surface area contributed by atoms with Crippen LogP contribution in [0.5, 0.6) is 5.75 Å². The highest BCUT2D eigenvalue weighted by Gasteiger charge is 2.16. The second-order valence-corrected chi connectivity index (χ2v) is 4.27. The van der Waals surface area contributed by atoms with Gasteiger partial charge in [0.05, 0.1) is 13.5 Å². The topological polar surface area (TPSA) is 58.6 Å². The Morgan fingerprint density at radius 2 is 2.22 bits per heavy atom. The van der Waals surface area contributed by atoms with E-state index in [1.807, 2.05) is 12.1 Å². The zero-order valence-electron chi connectivity index (χ0n) is 10.4. The molecule has 0 atom stereocenters. The molecule has 1 aliphatic carbocycles. The van der Waals surface area contributed by atoms with E-state index in [1.165, 1.54) is 16.7 Å². The molecule has 0 heterocycles. The van der Waals surface area contributed by atoms with Gasteiger partial charge >= 0.3 is 5.97 Å². The molecule has 0 aromatic heterocycles. The quantitative estimate of drug-likeness (QED) is 0.724. The lowest BCUT2D eigenvalue weighted by molar-refractivity contribution is -0.136. The van der Waals surface area contributed by atoms with Crippen LogP contribution in [-0.2, 0) is 4.79 Å². The van der Waals surface area contributed by atoms with Crippen molar-refractivity contribution in [1.29, 1.82) is 0 Å². The summed E-state index contributed by atoms with van der Waals surface area (Å²) in [6.07, 6.45) is 3.25. The van der Waals surface area contributed by atoms with E-state index in [1.54, 1.807) is 7.11 Å². The van der Waals surface area contributed by atoms with Crippen LogP contribution in [0.4, 0.5) is 0 Å². The van der Waals surface area contributed by atoms with Crippen LogP contribution in [0.15, 0.2) is 18.2 Å². The Labute approximate surface area is 106 Å². The summed E-state index contributed by atoms with van der Waals surface area (Å²) in [7, 11) is 1.66. The van der Waals surface area contributed by atoms with E-state index in [0.717, 1.165) is 18.7 Å². The monoisotopic (exact) mass is 247 g/mol. The number of rotatable bonds is 7. The van der Waals surface area contributed by atoms with Gasteiger partial charge in [0.15, 0.2) is 0 Å². The molecule has 0 saturated carbocycles. The van der Waals surface area contributed by atoms with Crippen LogP contribution in [0, 0.1) is 0 Å². The van der Waals surface area contributed by atoms with Crippen molar-refractivity contribution in [2.45, 2.75) is 12.8 Å². The summed E-state index contributed by atoms with van der Waals surface area (Å²) in [5.41, 5.74) is 3.79. The molecule has 18 heavy (non-hydrogen) atoms. The summed E-state index contributed by atoms with van der Waals surface area (Å²) < 4.78 is 5.19. The fraction of sp³-hybridized carbons (Fsp3) is 0.357. The van der Waals surface area contributed by atoms with Gasteiger partial charge < -0.3 is 15.2 Å². The van der Waals surface area contributed by atoms with Gasteiger partial charge in [0.25, 0.3) is 0 Å². The number of methoxy groups -OCH3 is 1. The fourth-order valence-electron chi connectivity index (χ4n) is 2.00. The number of ether oxygens (including phenoxy) is 1. The van der Waals surface area contributed by atoms with E-state index in [-0.39, 0.29) is 6.42 Å². The van der Waals surface area contributed by atoms with Gasteiger partial charge in [-0.1, -0.05) is 12.1 Å². The minimum Gasteiger partial charge on any atom is -0.497 e. The van der Waals surface area contributed by atoms with Crippen LogP contribution in [0.25, 0.3) is 11.6 Å². The van der Waals surface area contributed by atoms with Gasteiger partial charge in [-0.15, -0.1) is 0 Å². The van der Waals surface area contributed by atoms with E-state index in [4.69, 9.17) is 9.84 Å². The predicted octanol–water partition coefficient (Wildman–Crippen LogP) is 2.00. The molecule has 2 rings (SSSR count). The molecule has 0 amide bonds. The van der Waals surface area contributed by atoms with Crippen molar-refractivity contribution in [1.82, 2.24) is 5.32 Å². The number of nitrogens with one attached hydrogen (secondary N) is 1. The zero-order chi connectivity index (χ0) is 13.0. The first-order valence-electron chi connectivity index (χ1n) is 6.02. The summed E-state index contributed by atoms with van der Waals surface area (Å²) in [6.45, 7) is 1.32. The first kappa shape index (κ1) is 12.6. The number of aliphatic carboxylic acids is 1. The number of carboxylic acids is 1. The van der Waals surface area contributed by atoms with Gasteiger partial charge in [-0.05, 0) is 41.8 Å². The summed E-state index contributed by atoms with van der Waals surface area (Å²) in [5.74, 6) is 0.110. The fourth-order valence-corrected chi connectivity index (χ4v) is 2.00. The van der Waals surface area contributed by atoms with Crippen LogP contribution < -0.4 is 10.1 Å². The maximum Gasteiger partial charge on any atom is 0.304 e. The second-order valence-electron chi connectivity index (χ2n) is 4.27. The van der Waals surface area contributed by atoms with Crippen molar-refractivity contribution in [2.24, 2.45) is 0 Å². The third kappa shape index (κ3) is 2.90. The Morgan fingerprint density at radius 3 is 2.94 bits per heavy atom. The predicted molar refractivity (Wildman–Crippen MR) is 70.6 cm³/mol. The number of hydrogen-bond acceptors (Lipinski definition) is 3. The normalized spacial score (nSPS) is 12.4. The van der Waals surface area contributed by atoms with Gasteiger partial charge in [-0.2, -0.15) is 0 Å². The zero-order valence-corrected chi connectivity index (χ0v) is 10.4. The Morgan fingerprint density at radius 1 is 1.39 bits per heavy atom. The Hall–Kier alpha value is -1.81. The largest absolute Gasteiger partial charge is 0.497 e. The Kier molecular flexibility index (Phi) is 3.99. The highest BCUT2D eigenvalue weighted by molar-refractivity contribution is 5.95. The molecule has 0 saturated heterocycles. The molecule has 4 nitrogen and oxygen atoms in total. The van der Waals surface area contributed by atoms with Crippen molar-refractivity contribution in [3.63, 3.8) is 0 Å². The van der Waals surface area contributed by atoms with Crippen molar-refractivity contribution < 1.29 is 14.6 Å². The van der Waals surface area contributed by atoms with Crippen LogP contribution in [0.3, 0.4) is 0 Å². The van der Waals surface area contributed by atoms with Crippen molar-refractivity contribution in [3.8, 4) is 5.75 Å². The standard InChI is InChI=1S/C14H17NO3/c1-18-12-3-2-10-8-11(13(10)9-12)4-6-15-7-5-14(16)17/h2-3,8-9,15H,4-7H2,1H3,(H,16,17). The molecular formula is C14H17NO3. The Bertz CT molecular complexity index is 480. The number of carbonyl (C=O) groups is 1. The molecule has 0 unspecified atom stereocenters. The average Bonchev–Trinajstić information content (AvgIpc) is 2.33. The molecule has 0 aliphatic heterocycles. The molecule has 1 aliphatic rings. The highest BCUT2D eigenvalue weighted by atomic mass is 16.5. The van der Waals surface area contributed by atoms with Crippen molar-refractivity contribution in [2.75, 3.05) is 20.2 Å². The van der Waals surface area contributed by atoms with Crippen LogP contribution in [0.1, 0.15) is 24.0 Å². The smallest absolute Gasteiger partial charge is 0.304 e. The van der Waals surface area contributed by atoms with Gasteiger partial charge in [0.1, 0.15) is 5.75 Å². The number of benzene rings is 1. The molecule has 0 radical (unpaired) electrons. The average molecular weight is 247 g/mol. The number of hydrogen-bond donors (Lipinski definition) is 2. The van der Waals surface area contributed by atoms with Gasteiger partial charge in [0, 0.05) is 6.54 Å². The first-order valence-corrected chi connectivity index (χ1v) is 6.02. The van der Waals surface area contributed by atoms with Crippen LogP contribution in [-0.4, -0.2) is 31.3 Å². The molecule has 0 fully saturated rings. The summed E-state index contributed by atoms with van der Waals surface area (Å²) in [5, 5.41) is 11.6. The third-order valence-corrected chi connectivity index (χ3v) is 3.02. The summed E-state index contributed by atoms with van der Waals surface area (Å²) in [6, 6.07) is 6.05. The van der Waals surface area contributed by atoms with Gasteiger partial charge in [-0.25, -0.2) is 0 Å². The van der Waals surface area contributed by atoms with Crippen LogP contribution >= 0.6 is 0 Å². The van der Waals surface area contributed by atoms with E-state index < -0.39 is 5.97 Å². The number of fused-ring (bicyclic) bond motifs is 1. The summed E-state index contributed by atoms with van der Waals surface area (Å²) >= 11 is 0. The first-order chi connectivity index (χ1) is 8.70. The minimum atomic E-state index is -0.763. The van der Waals surface area contributed by atoms with Crippen LogP contribution in [0.2, 0.25) is 0 Å². The third-order valence-electron chi connectivity index (χ3n) is 3.02. The van der Waals surface area contributed by atoms with E-state index >= 15 is 0 Å². The minimum absolute atomic E-state index is 0.170. The molecule has 1 aromatic rings. The number of carboxylic acid groups (broad SMARTS) is 1. The lowest BCUT2D eigenvalue weighted by Gasteiger charge is -2.21. The molecule has 0 bridgehead atoms. The van der Waals surface area contributed by atoms with E-state index in [9.17, 15) is 4.79 Å². The SMILES string of the molecule is COc1ccc2c(c1)C(CCNCCC(=O)O)=C2. The maximum atomic E-state index is 10.3. The molecule has 2 N–H and O–H groups in total. The Balaban J connectivity index is 1.77. The lowest BCUT2D eigenvalue weighted by Crippen LogP contribution is -2.20. The molecule has 0 spiro atoms. The van der Waals surface area contributed by atoms with Gasteiger partial charge in [0.2, 0.25) is 0 Å². The maximum absolute atomic E-state index is 10.3. The molecule has 1 aromatic carbocycles. The molecular weight excluding hydrogens is 230 g/mol. The van der Waals surface area contributed by atoms with E-state index in [0.29, 0.717) is 6.54 Å². The van der Waals surface area contributed by atoms with E-state index in [2.05, 4.69) is 17.5 Å². The second kappa shape index (κ2) is 5.69. The molecule has 4 heteroatoms. The lowest BCUT2D eigenvalue weighted by atomic mass is 9.86. The van der Waals surface area contributed by atoms with Crippen molar-refractivity contribution in [3.05, 3.63) is 29.3 Å². The summed E-state index contributed by atoms with van der Waals surface area (Å²) in [4.78, 5) is 10.3. The van der Waals surface area contributed by atoms with Gasteiger partial charge in [-0.3, -0.25) is 4.79 Å². The molecule has 96 valence electrons.